The van der Waals surface area contributed by atoms with Crippen LogP contribution in [0.3, 0.4) is 0 Å². The van der Waals surface area contributed by atoms with E-state index in [9.17, 15) is 4.79 Å². The highest BCUT2D eigenvalue weighted by Crippen LogP contribution is 2.12. The second-order valence-electron chi connectivity index (χ2n) is 4.91. The molecule has 0 atom stereocenters. The highest BCUT2D eigenvalue weighted by Gasteiger charge is 2.14. The fourth-order valence-corrected chi connectivity index (χ4v) is 1.88. The number of nitrogens with two attached hydrogens (primary N) is 1. The van der Waals surface area contributed by atoms with Crippen LogP contribution in [0.2, 0.25) is 0 Å². The molecule has 1 heterocycles. The fourth-order valence-electron chi connectivity index (χ4n) is 1.09. The Balaban J connectivity index is 2.53. The molecule has 5 heteroatoms. The molecule has 0 saturated heterocycles. The van der Waals surface area contributed by atoms with Crippen molar-refractivity contribution in [2.75, 3.05) is 13.1 Å². The molecule has 1 rings (SSSR count). The van der Waals surface area contributed by atoms with E-state index >= 15 is 0 Å². The number of rotatable bonds is 4. The van der Waals surface area contributed by atoms with Gasteiger partial charge in [-0.2, -0.15) is 0 Å². The zero-order valence-electron chi connectivity index (χ0n) is 10.0. The van der Waals surface area contributed by atoms with E-state index in [-0.39, 0.29) is 11.3 Å². The number of hydrogen-bond acceptors (Lipinski definition) is 4. The molecule has 0 aliphatic carbocycles. The molecule has 0 radical (unpaired) electrons. The Bertz CT molecular complexity index is 354. The second-order valence-corrected chi connectivity index (χ2v) is 5.85. The lowest BCUT2D eigenvalue weighted by molar-refractivity contribution is 0.0935. The standard InChI is InChI=1S/C11H19N3OS/c1-11(2,3)7-13-10(15)8-6-16-9(14-8)4-5-12/h6H,4-5,7,12H2,1-3H3,(H,13,15). The van der Waals surface area contributed by atoms with Crippen LogP contribution >= 0.6 is 11.3 Å². The van der Waals surface area contributed by atoms with Crippen molar-refractivity contribution >= 4 is 17.2 Å². The van der Waals surface area contributed by atoms with Gasteiger partial charge in [0.15, 0.2) is 0 Å². The molecule has 0 aromatic carbocycles. The maximum absolute atomic E-state index is 11.7. The van der Waals surface area contributed by atoms with Crippen LogP contribution in [0.25, 0.3) is 0 Å². The quantitative estimate of drug-likeness (QED) is 0.837. The third kappa shape index (κ3) is 4.28. The predicted octanol–water partition coefficient (Wildman–Crippen LogP) is 1.42. The van der Waals surface area contributed by atoms with E-state index in [1.807, 2.05) is 0 Å². The Hall–Kier alpha value is -0.940. The third-order valence-electron chi connectivity index (χ3n) is 1.92. The molecule has 0 spiro atoms. The average molecular weight is 241 g/mol. The first-order valence-electron chi connectivity index (χ1n) is 5.35. The van der Waals surface area contributed by atoms with Crippen LogP contribution in [0.15, 0.2) is 5.38 Å². The molecule has 1 amide bonds. The van der Waals surface area contributed by atoms with E-state index in [0.29, 0.717) is 18.8 Å². The maximum Gasteiger partial charge on any atom is 0.270 e. The number of nitrogens with zero attached hydrogens (tertiary/aromatic N) is 1. The van der Waals surface area contributed by atoms with Crippen LogP contribution in [0.1, 0.15) is 36.3 Å². The van der Waals surface area contributed by atoms with Gasteiger partial charge in [0.25, 0.3) is 5.91 Å². The number of nitrogens with one attached hydrogen (secondary N) is 1. The van der Waals surface area contributed by atoms with E-state index in [2.05, 4.69) is 31.1 Å². The van der Waals surface area contributed by atoms with Crippen molar-refractivity contribution in [1.29, 1.82) is 0 Å². The topological polar surface area (TPSA) is 68.0 Å². The van der Waals surface area contributed by atoms with Gasteiger partial charge < -0.3 is 11.1 Å². The lowest BCUT2D eigenvalue weighted by Gasteiger charge is -2.18. The minimum absolute atomic E-state index is 0.0891. The van der Waals surface area contributed by atoms with Gasteiger partial charge in [-0.3, -0.25) is 4.79 Å². The molecule has 1 aromatic rings. The monoisotopic (exact) mass is 241 g/mol. The number of hydrogen-bond donors (Lipinski definition) is 2. The molecule has 0 aliphatic heterocycles. The minimum Gasteiger partial charge on any atom is -0.350 e. The molecule has 4 nitrogen and oxygen atoms in total. The highest BCUT2D eigenvalue weighted by atomic mass is 32.1. The lowest BCUT2D eigenvalue weighted by Crippen LogP contribution is -2.32. The Labute approximate surface area is 100 Å². The molecule has 0 bridgehead atoms. The van der Waals surface area contributed by atoms with Crippen LogP contribution < -0.4 is 11.1 Å². The Kier molecular flexibility index (Phi) is 4.44. The number of thiazole rings is 1. The highest BCUT2D eigenvalue weighted by molar-refractivity contribution is 7.09. The Morgan fingerprint density at radius 1 is 1.56 bits per heavy atom. The SMILES string of the molecule is CC(C)(C)CNC(=O)c1csc(CCN)n1. The summed E-state index contributed by atoms with van der Waals surface area (Å²) in [6.07, 6.45) is 0.733. The number of aromatic nitrogens is 1. The van der Waals surface area contributed by atoms with Gasteiger partial charge in [0, 0.05) is 18.3 Å². The molecule has 0 unspecified atom stereocenters. The van der Waals surface area contributed by atoms with E-state index in [1.165, 1.54) is 11.3 Å². The molecular weight excluding hydrogens is 222 g/mol. The molecule has 3 N–H and O–H groups in total. The molecule has 1 aromatic heterocycles. The number of carbonyl (C=O) groups excluding carboxylic acids is 1. The van der Waals surface area contributed by atoms with Gasteiger partial charge in [-0.1, -0.05) is 20.8 Å². The Morgan fingerprint density at radius 3 is 2.81 bits per heavy atom. The van der Waals surface area contributed by atoms with Gasteiger partial charge in [0.2, 0.25) is 0 Å². The molecule has 90 valence electrons. The predicted molar refractivity (Wildman–Crippen MR) is 66.7 cm³/mol. The number of amides is 1. The molecule has 0 aliphatic rings. The van der Waals surface area contributed by atoms with Gasteiger partial charge >= 0.3 is 0 Å². The summed E-state index contributed by atoms with van der Waals surface area (Å²) in [5.41, 5.74) is 6.01. The lowest BCUT2D eigenvalue weighted by atomic mass is 9.97. The van der Waals surface area contributed by atoms with Crippen molar-refractivity contribution in [3.05, 3.63) is 16.1 Å². The summed E-state index contributed by atoms with van der Waals surface area (Å²) in [4.78, 5) is 15.9. The van der Waals surface area contributed by atoms with Gasteiger partial charge in [0.1, 0.15) is 5.69 Å². The first-order valence-corrected chi connectivity index (χ1v) is 6.23. The van der Waals surface area contributed by atoms with Crippen LogP contribution in [0, 0.1) is 5.41 Å². The van der Waals surface area contributed by atoms with E-state index in [4.69, 9.17) is 5.73 Å². The molecular formula is C11H19N3OS. The smallest absolute Gasteiger partial charge is 0.270 e. The summed E-state index contributed by atoms with van der Waals surface area (Å²) in [7, 11) is 0. The molecule has 16 heavy (non-hydrogen) atoms. The van der Waals surface area contributed by atoms with Gasteiger partial charge in [-0.05, 0) is 12.0 Å². The molecule has 0 fully saturated rings. The zero-order valence-corrected chi connectivity index (χ0v) is 10.9. The molecule has 0 saturated carbocycles. The van der Waals surface area contributed by atoms with Crippen LogP contribution in [0.4, 0.5) is 0 Å². The van der Waals surface area contributed by atoms with Crippen molar-refractivity contribution < 1.29 is 4.79 Å². The largest absolute Gasteiger partial charge is 0.350 e. The summed E-state index contributed by atoms with van der Waals surface area (Å²) in [5, 5.41) is 5.57. The van der Waals surface area contributed by atoms with Crippen molar-refractivity contribution in [3.8, 4) is 0 Å². The van der Waals surface area contributed by atoms with Crippen LogP contribution in [-0.2, 0) is 6.42 Å². The first-order chi connectivity index (χ1) is 7.42. The van der Waals surface area contributed by atoms with Gasteiger partial charge in [0.05, 0.1) is 5.01 Å². The van der Waals surface area contributed by atoms with Crippen molar-refractivity contribution in [2.45, 2.75) is 27.2 Å². The van der Waals surface area contributed by atoms with E-state index in [0.717, 1.165) is 11.4 Å². The summed E-state index contributed by atoms with van der Waals surface area (Å²) >= 11 is 1.48. The van der Waals surface area contributed by atoms with Gasteiger partial charge in [-0.25, -0.2) is 4.98 Å². The van der Waals surface area contributed by atoms with E-state index in [1.54, 1.807) is 5.38 Å². The third-order valence-corrected chi connectivity index (χ3v) is 2.83. The number of carbonyl (C=O) groups is 1. The van der Waals surface area contributed by atoms with Crippen molar-refractivity contribution in [1.82, 2.24) is 10.3 Å². The van der Waals surface area contributed by atoms with Crippen molar-refractivity contribution in [2.24, 2.45) is 11.1 Å². The van der Waals surface area contributed by atoms with Crippen LogP contribution in [-0.4, -0.2) is 24.0 Å². The second kappa shape index (κ2) is 5.41. The van der Waals surface area contributed by atoms with Crippen molar-refractivity contribution in [3.63, 3.8) is 0 Å². The maximum atomic E-state index is 11.7. The van der Waals surface area contributed by atoms with Crippen LogP contribution in [0.5, 0.6) is 0 Å². The van der Waals surface area contributed by atoms with Gasteiger partial charge in [-0.15, -0.1) is 11.3 Å². The average Bonchev–Trinajstić information content (AvgIpc) is 2.62. The summed E-state index contributed by atoms with van der Waals surface area (Å²) in [6, 6.07) is 0. The normalized spacial score (nSPS) is 11.5. The van der Waals surface area contributed by atoms with E-state index < -0.39 is 0 Å². The Morgan fingerprint density at radius 2 is 2.25 bits per heavy atom. The summed E-state index contributed by atoms with van der Waals surface area (Å²) in [5.74, 6) is -0.102. The minimum atomic E-state index is -0.102. The fraction of sp³-hybridized carbons (Fsp3) is 0.636. The first kappa shape index (κ1) is 13.1. The summed E-state index contributed by atoms with van der Waals surface area (Å²) in [6.45, 7) is 7.45. The summed E-state index contributed by atoms with van der Waals surface area (Å²) < 4.78 is 0. The zero-order chi connectivity index (χ0) is 12.2.